The van der Waals surface area contributed by atoms with Gasteiger partial charge in [0.05, 0.1) is 0 Å². The van der Waals surface area contributed by atoms with Crippen LogP contribution in [0.5, 0.6) is 0 Å². The van der Waals surface area contributed by atoms with E-state index in [4.69, 9.17) is 0 Å². The highest BCUT2D eigenvalue weighted by Crippen LogP contribution is 2.57. The lowest BCUT2D eigenvalue weighted by molar-refractivity contribution is 0.454. The molecule has 0 saturated carbocycles. The molecule has 92 valence electrons. The van der Waals surface area contributed by atoms with Crippen molar-refractivity contribution in [3.8, 4) is 0 Å². The van der Waals surface area contributed by atoms with Gasteiger partial charge < -0.3 is 4.57 Å². The summed E-state index contributed by atoms with van der Waals surface area (Å²) in [6, 6.07) is 0. The molecule has 0 unspecified atom stereocenters. The van der Waals surface area contributed by atoms with Crippen molar-refractivity contribution < 1.29 is 0 Å². The highest BCUT2D eigenvalue weighted by atomic mass is 28.3. The third-order valence-electron chi connectivity index (χ3n) is 3.83. The Kier molecular flexibility index (Phi) is 4.26. The molecule has 2 heteroatoms. The summed E-state index contributed by atoms with van der Waals surface area (Å²) in [7, 11) is 3.04. The maximum Gasteiger partial charge on any atom is 0.141 e. The lowest BCUT2D eigenvalue weighted by Gasteiger charge is -2.58. The molecule has 0 aliphatic heterocycles. The summed E-state index contributed by atoms with van der Waals surface area (Å²) < 4.78 is 2.57. The van der Waals surface area contributed by atoms with E-state index in [0.717, 1.165) is 5.54 Å². The molecule has 0 heterocycles. The van der Waals surface area contributed by atoms with Crippen molar-refractivity contribution in [1.82, 2.24) is 4.57 Å². The van der Waals surface area contributed by atoms with Gasteiger partial charge in [-0.3, -0.25) is 0 Å². The average molecular weight is 229 g/mol. The molecule has 0 saturated heterocycles. The number of hydrogen-bond donors (Lipinski definition) is 0. The highest BCUT2D eigenvalue weighted by molar-refractivity contribution is 6.83. The van der Waals surface area contributed by atoms with Crippen LogP contribution >= 0.6 is 0 Å². The summed E-state index contributed by atoms with van der Waals surface area (Å²) in [6.45, 7) is 19.3. The molecule has 0 amide bonds. The Morgan fingerprint density at radius 2 is 1.07 bits per heavy atom. The highest BCUT2D eigenvalue weighted by Gasteiger charge is 2.56. The minimum atomic E-state index is -1.52. The van der Waals surface area contributed by atoms with Crippen molar-refractivity contribution in [2.75, 3.05) is 14.1 Å². The minimum Gasteiger partial charge on any atom is -0.328 e. The predicted octanol–water partition coefficient (Wildman–Crippen LogP) is 4.50. The fourth-order valence-corrected chi connectivity index (χ4v) is 14.1. The topological polar surface area (TPSA) is 3.24 Å². The Balaban J connectivity index is 5.73. The summed E-state index contributed by atoms with van der Waals surface area (Å²) in [5.41, 5.74) is 0.771. The maximum absolute atomic E-state index is 2.57. The van der Waals surface area contributed by atoms with Crippen LogP contribution in [0.3, 0.4) is 0 Å². The Morgan fingerprint density at radius 1 is 0.800 bits per heavy atom. The molecular formula is C13H31NSi. The van der Waals surface area contributed by atoms with E-state index < -0.39 is 8.24 Å². The molecule has 0 N–H and O–H groups in total. The van der Waals surface area contributed by atoms with Crippen molar-refractivity contribution in [2.24, 2.45) is 0 Å². The Hall–Kier alpha value is 0.177. The van der Waals surface area contributed by atoms with Crippen LogP contribution in [0.4, 0.5) is 0 Å². The van der Waals surface area contributed by atoms with E-state index in [1.807, 2.05) is 0 Å². The molecular weight excluding hydrogens is 198 g/mol. The SMILES string of the molecule is CC(C)[Si](N(C)C)(C(C)(C)C)C(C)(C)C. The summed E-state index contributed by atoms with van der Waals surface area (Å²) in [6.07, 6.45) is 0. The zero-order valence-electron chi connectivity index (χ0n) is 12.5. The molecule has 15 heavy (non-hydrogen) atoms. The zero-order valence-corrected chi connectivity index (χ0v) is 13.5. The van der Waals surface area contributed by atoms with Gasteiger partial charge >= 0.3 is 0 Å². The lowest BCUT2D eigenvalue weighted by atomic mass is 10.2. The molecule has 0 aromatic rings. The largest absolute Gasteiger partial charge is 0.328 e. The molecule has 0 fully saturated rings. The first-order valence-corrected chi connectivity index (χ1v) is 8.09. The molecule has 0 spiro atoms. The van der Waals surface area contributed by atoms with Gasteiger partial charge in [-0.25, -0.2) is 0 Å². The molecule has 0 radical (unpaired) electrons. The van der Waals surface area contributed by atoms with E-state index >= 15 is 0 Å². The second-order valence-corrected chi connectivity index (χ2v) is 13.9. The van der Waals surface area contributed by atoms with Gasteiger partial charge in [-0.15, -0.1) is 0 Å². The average Bonchev–Trinajstić information content (AvgIpc) is 1.75. The van der Waals surface area contributed by atoms with Crippen LogP contribution < -0.4 is 0 Å². The number of rotatable bonds is 2. The maximum atomic E-state index is 2.57. The van der Waals surface area contributed by atoms with Crippen molar-refractivity contribution in [3.05, 3.63) is 0 Å². The Bertz CT molecular complexity index is 182. The number of nitrogens with zero attached hydrogens (tertiary/aromatic N) is 1. The second-order valence-electron chi connectivity index (χ2n) is 7.32. The van der Waals surface area contributed by atoms with Crippen LogP contribution in [-0.2, 0) is 0 Å². The monoisotopic (exact) mass is 229 g/mol. The van der Waals surface area contributed by atoms with Gasteiger partial charge in [0, 0.05) is 0 Å². The first-order valence-electron chi connectivity index (χ1n) is 6.06. The first-order chi connectivity index (χ1) is 6.39. The molecule has 0 atom stereocenters. The van der Waals surface area contributed by atoms with Crippen LogP contribution in [0, 0.1) is 0 Å². The fraction of sp³-hybridized carbons (Fsp3) is 1.00. The third kappa shape index (κ3) is 2.31. The molecule has 0 aliphatic carbocycles. The predicted molar refractivity (Wildman–Crippen MR) is 74.0 cm³/mol. The van der Waals surface area contributed by atoms with E-state index in [-0.39, 0.29) is 0 Å². The van der Waals surface area contributed by atoms with E-state index in [9.17, 15) is 0 Å². The number of hydrogen-bond acceptors (Lipinski definition) is 1. The Labute approximate surface area is 98.3 Å². The molecule has 0 rings (SSSR count). The minimum absolute atomic E-state index is 0.406. The smallest absolute Gasteiger partial charge is 0.141 e. The summed E-state index contributed by atoms with van der Waals surface area (Å²) in [5.74, 6) is 0. The van der Waals surface area contributed by atoms with Crippen LogP contribution in [0.25, 0.3) is 0 Å². The van der Waals surface area contributed by atoms with Crippen molar-refractivity contribution in [1.29, 1.82) is 0 Å². The van der Waals surface area contributed by atoms with E-state index in [0.29, 0.717) is 10.1 Å². The van der Waals surface area contributed by atoms with Gasteiger partial charge in [-0.2, -0.15) is 0 Å². The van der Waals surface area contributed by atoms with Gasteiger partial charge in [0.15, 0.2) is 0 Å². The standard InChI is InChI=1S/C13H31NSi/c1-11(2)15(14(9)10,12(3,4)5)13(6,7)8/h11H,1-10H3. The van der Waals surface area contributed by atoms with Gasteiger partial charge in [0.1, 0.15) is 8.24 Å². The van der Waals surface area contributed by atoms with Gasteiger partial charge in [0.2, 0.25) is 0 Å². The van der Waals surface area contributed by atoms with Crippen LogP contribution in [0.1, 0.15) is 55.4 Å². The second kappa shape index (κ2) is 4.21. The molecule has 0 aromatic heterocycles. The zero-order chi connectivity index (χ0) is 12.7. The van der Waals surface area contributed by atoms with Crippen molar-refractivity contribution in [3.63, 3.8) is 0 Å². The fourth-order valence-electron chi connectivity index (χ4n) is 4.72. The van der Waals surface area contributed by atoms with E-state index in [2.05, 4.69) is 74.1 Å². The van der Waals surface area contributed by atoms with Gasteiger partial charge in [0.25, 0.3) is 0 Å². The Morgan fingerprint density at radius 3 is 1.07 bits per heavy atom. The van der Waals surface area contributed by atoms with Crippen LogP contribution in [-0.4, -0.2) is 26.9 Å². The van der Waals surface area contributed by atoms with Gasteiger partial charge in [-0.1, -0.05) is 55.4 Å². The quantitative estimate of drug-likeness (QED) is 0.630. The van der Waals surface area contributed by atoms with E-state index in [1.165, 1.54) is 0 Å². The van der Waals surface area contributed by atoms with Gasteiger partial charge in [-0.05, 0) is 29.7 Å². The van der Waals surface area contributed by atoms with E-state index in [1.54, 1.807) is 0 Å². The van der Waals surface area contributed by atoms with Crippen LogP contribution in [0.15, 0.2) is 0 Å². The van der Waals surface area contributed by atoms with Crippen molar-refractivity contribution in [2.45, 2.75) is 71.0 Å². The molecule has 0 bridgehead atoms. The molecule has 0 aliphatic rings. The summed E-state index contributed by atoms with van der Waals surface area (Å²) in [4.78, 5) is 0. The normalized spacial score (nSPS) is 15.2. The molecule has 1 nitrogen and oxygen atoms in total. The first kappa shape index (κ1) is 15.2. The van der Waals surface area contributed by atoms with Crippen LogP contribution in [0.2, 0.25) is 15.6 Å². The summed E-state index contributed by atoms with van der Waals surface area (Å²) in [5, 5.41) is 0.811. The third-order valence-corrected chi connectivity index (χ3v) is 11.5. The lowest BCUT2D eigenvalue weighted by Crippen LogP contribution is -2.64. The molecule has 0 aromatic carbocycles. The van der Waals surface area contributed by atoms with Crippen molar-refractivity contribution >= 4 is 8.24 Å². The summed E-state index contributed by atoms with van der Waals surface area (Å²) >= 11 is 0.